The monoisotopic (exact) mass is 394 g/mol. The van der Waals surface area contributed by atoms with Crippen LogP contribution in [-0.2, 0) is 10.0 Å². The third-order valence-electron chi connectivity index (χ3n) is 5.75. The molecule has 1 saturated heterocycles. The first-order valence-electron chi connectivity index (χ1n) is 9.98. The van der Waals surface area contributed by atoms with Crippen LogP contribution in [0.15, 0.2) is 23.1 Å². The fourth-order valence-electron chi connectivity index (χ4n) is 4.18. The molecule has 1 amide bonds. The average Bonchev–Trinajstić information content (AvgIpc) is 3.20. The number of ether oxygens (including phenoxy) is 1. The number of benzene rings is 1. The van der Waals surface area contributed by atoms with Crippen LogP contribution in [0.2, 0.25) is 0 Å². The minimum Gasteiger partial charge on any atom is -0.495 e. The summed E-state index contributed by atoms with van der Waals surface area (Å²) in [4.78, 5) is 12.7. The normalized spacial score (nSPS) is 21.9. The lowest BCUT2D eigenvalue weighted by Crippen LogP contribution is -2.43. The second-order valence-corrected chi connectivity index (χ2v) is 9.35. The Labute approximate surface area is 162 Å². The predicted molar refractivity (Wildman–Crippen MR) is 105 cm³/mol. The van der Waals surface area contributed by atoms with E-state index in [0.29, 0.717) is 12.1 Å². The summed E-state index contributed by atoms with van der Waals surface area (Å²) in [7, 11) is -2.26. The number of hydrogen-bond acceptors (Lipinski definition) is 4. The van der Waals surface area contributed by atoms with E-state index in [1.165, 1.54) is 13.2 Å². The number of carbonyl (C=O) groups is 1. The zero-order valence-electron chi connectivity index (χ0n) is 16.2. The second kappa shape index (κ2) is 8.61. The highest BCUT2D eigenvalue weighted by Crippen LogP contribution is 2.32. The van der Waals surface area contributed by atoms with Gasteiger partial charge in [0.05, 0.1) is 7.11 Å². The quantitative estimate of drug-likeness (QED) is 0.803. The van der Waals surface area contributed by atoms with Crippen LogP contribution in [-0.4, -0.2) is 44.4 Å². The molecule has 0 aromatic heterocycles. The molecular weight excluding hydrogens is 364 g/mol. The Morgan fingerprint density at radius 2 is 1.89 bits per heavy atom. The standard InChI is InChI=1S/C20H30N2O4S/c1-3-17-10-6-7-13-22(17)27(24,25)19-14-15(11-12-18(19)26-2)20(23)21-16-8-4-5-9-16/h11-12,14,16-17H,3-10,13H2,1-2H3,(H,21,23). The van der Waals surface area contributed by atoms with Crippen molar-refractivity contribution >= 4 is 15.9 Å². The Kier molecular flexibility index (Phi) is 6.42. The molecule has 0 bridgehead atoms. The Morgan fingerprint density at radius 1 is 1.19 bits per heavy atom. The van der Waals surface area contributed by atoms with Crippen LogP contribution in [0, 0.1) is 0 Å². The van der Waals surface area contributed by atoms with Crippen LogP contribution in [0.3, 0.4) is 0 Å². The summed E-state index contributed by atoms with van der Waals surface area (Å²) >= 11 is 0. The Balaban J connectivity index is 1.91. The van der Waals surface area contributed by atoms with Gasteiger partial charge in [-0.1, -0.05) is 26.2 Å². The van der Waals surface area contributed by atoms with Gasteiger partial charge in [-0.15, -0.1) is 0 Å². The summed E-state index contributed by atoms with van der Waals surface area (Å²) in [5.74, 6) is 0.0690. The number of piperidine rings is 1. The SMILES string of the molecule is CCC1CCCCN1S(=O)(=O)c1cc(C(=O)NC2CCCC2)ccc1OC. The van der Waals surface area contributed by atoms with Crippen molar-refractivity contribution in [1.29, 1.82) is 0 Å². The lowest BCUT2D eigenvalue weighted by atomic mass is 10.0. The highest BCUT2D eigenvalue weighted by molar-refractivity contribution is 7.89. The van der Waals surface area contributed by atoms with Gasteiger partial charge in [0.1, 0.15) is 10.6 Å². The molecule has 7 heteroatoms. The molecule has 1 aliphatic carbocycles. The Bertz CT molecular complexity index is 772. The average molecular weight is 395 g/mol. The largest absolute Gasteiger partial charge is 0.495 e. The third kappa shape index (κ3) is 4.29. The molecule has 2 aliphatic rings. The molecular formula is C20H30N2O4S. The predicted octanol–water partition coefficient (Wildman–Crippen LogP) is 3.32. The van der Waals surface area contributed by atoms with Crippen LogP contribution in [0.4, 0.5) is 0 Å². The van der Waals surface area contributed by atoms with Gasteiger partial charge in [0.15, 0.2) is 0 Å². The number of carbonyl (C=O) groups excluding carboxylic acids is 1. The van der Waals surface area contributed by atoms with Gasteiger partial charge in [0.25, 0.3) is 5.91 Å². The van der Waals surface area contributed by atoms with E-state index in [0.717, 1.165) is 51.4 Å². The number of amides is 1. The smallest absolute Gasteiger partial charge is 0.251 e. The van der Waals surface area contributed by atoms with Gasteiger partial charge < -0.3 is 10.1 Å². The Hall–Kier alpha value is -1.60. The van der Waals surface area contributed by atoms with Crippen molar-refractivity contribution in [3.8, 4) is 5.75 Å². The number of hydrogen-bond donors (Lipinski definition) is 1. The van der Waals surface area contributed by atoms with Crippen LogP contribution >= 0.6 is 0 Å². The summed E-state index contributed by atoms with van der Waals surface area (Å²) in [6, 6.07) is 4.88. The molecule has 6 nitrogen and oxygen atoms in total. The van der Waals surface area contributed by atoms with E-state index in [2.05, 4.69) is 5.32 Å². The van der Waals surface area contributed by atoms with Crippen molar-refractivity contribution in [2.45, 2.75) is 75.3 Å². The second-order valence-electron chi connectivity index (χ2n) is 7.49. The van der Waals surface area contributed by atoms with Gasteiger partial charge in [-0.2, -0.15) is 4.31 Å². The van der Waals surface area contributed by atoms with E-state index < -0.39 is 10.0 Å². The van der Waals surface area contributed by atoms with Crippen molar-refractivity contribution in [2.75, 3.05) is 13.7 Å². The molecule has 0 radical (unpaired) electrons. The molecule has 1 aromatic rings. The van der Waals surface area contributed by atoms with Gasteiger partial charge in [0, 0.05) is 24.2 Å². The minimum absolute atomic E-state index is 0.00410. The van der Waals surface area contributed by atoms with Crippen molar-refractivity contribution in [3.63, 3.8) is 0 Å². The zero-order chi connectivity index (χ0) is 19.4. The van der Waals surface area contributed by atoms with Crippen LogP contribution in [0.1, 0.15) is 68.6 Å². The first kappa shape index (κ1) is 20.1. The van der Waals surface area contributed by atoms with Gasteiger partial charge in [-0.3, -0.25) is 4.79 Å². The molecule has 1 aliphatic heterocycles. The number of rotatable bonds is 6. The lowest BCUT2D eigenvalue weighted by Gasteiger charge is -2.34. The third-order valence-corrected chi connectivity index (χ3v) is 7.72. The number of nitrogens with one attached hydrogen (secondary N) is 1. The molecule has 150 valence electrons. The van der Waals surface area contributed by atoms with Crippen LogP contribution < -0.4 is 10.1 Å². The molecule has 1 heterocycles. The van der Waals surface area contributed by atoms with E-state index in [-0.39, 0.29) is 28.6 Å². The first-order valence-corrected chi connectivity index (χ1v) is 11.4. The van der Waals surface area contributed by atoms with E-state index in [1.807, 2.05) is 6.92 Å². The van der Waals surface area contributed by atoms with Gasteiger partial charge in [-0.05, 0) is 50.3 Å². The highest BCUT2D eigenvalue weighted by Gasteiger charge is 2.35. The van der Waals surface area contributed by atoms with Crippen molar-refractivity contribution in [1.82, 2.24) is 9.62 Å². The summed E-state index contributed by atoms with van der Waals surface area (Å²) in [5.41, 5.74) is 0.367. The first-order chi connectivity index (χ1) is 13.0. The molecule has 2 fully saturated rings. The molecule has 3 rings (SSSR count). The maximum atomic E-state index is 13.4. The molecule has 1 saturated carbocycles. The maximum Gasteiger partial charge on any atom is 0.251 e. The van der Waals surface area contributed by atoms with Crippen LogP contribution in [0.25, 0.3) is 0 Å². The number of methoxy groups -OCH3 is 1. The van der Waals surface area contributed by atoms with E-state index >= 15 is 0 Å². The molecule has 1 atom stereocenters. The summed E-state index contributed by atoms with van der Waals surface area (Å²) in [6.45, 7) is 2.53. The van der Waals surface area contributed by atoms with E-state index in [9.17, 15) is 13.2 Å². The molecule has 1 unspecified atom stereocenters. The van der Waals surface area contributed by atoms with Crippen molar-refractivity contribution in [2.24, 2.45) is 0 Å². The molecule has 1 aromatic carbocycles. The zero-order valence-corrected chi connectivity index (χ0v) is 17.1. The lowest BCUT2D eigenvalue weighted by molar-refractivity contribution is 0.0937. The summed E-state index contributed by atoms with van der Waals surface area (Å²) in [5, 5.41) is 3.02. The molecule has 27 heavy (non-hydrogen) atoms. The van der Waals surface area contributed by atoms with Crippen molar-refractivity contribution < 1.29 is 17.9 Å². The molecule has 1 N–H and O–H groups in total. The molecule has 0 spiro atoms. The Morgan fingerprint density at radius 3 is 2.56 bits per heavy atom. The van der Waals surface area contributed by atoms with Gasteiger partial charge in [-0.25, -0.2) is 8.42 Å². The number of nitrogens with zero attached hydrogens (tertiary/aromatic N) is 1. The fraction of sp³-hybridized carbons (Fsp3) is 0.650. The fourth-order valence-corrected chi connectivity index (χ4v) is 6.13. The highest BCUT2D eigenvalue weighted by atomic mass is 32.2. The maximum absolute atomic E-state index is 13.4. The minimum atomic E-state index is -3.72. The van der Waals surface area contributed by atoms with Gasteiger partial charge >= 0.3 is 0 Å². The van der Waals surface area contributed by atoms with Crippen LogP contribution in [0.5, 0.6) is 5.75 Å². The number of sulfonamides is 1. The topological polar surface area (TPSA) is 75.7 Å². The summed E-state index contributed by atoms with van der Waals surface area (Å²) in [6.07, 6.45) is 7.79. The van der Waals surface area contributed by atoms with E-state index in [4.69, 9.17) is 4.74 Å². The summed E-state index contributed by atoms with van der Waals surface area (Å²) < 4.78 is 33.7. The van der Waals surface area contributed by atoms with Crippen molar-refractivity contribution in [3.05, 3.63) is 23.8 Å². The van der Waals surface area contributed by atoms with E-state index in [1.54, 1.807) is 16.4 Å². The van der Waals surface area contributed by atoms with Gasteiger partial charge in [0.2, 0.25) is 10.0 Å².